The number of alkyl halides is 1. The van der Waals surface area contributed by atoms with Gasteiger partial charge < -0.3 is 14.6 Å². The molecule has 0 saturated carbocycles. The Hall–Kier alpha value is -0.775. The van der Waals surface area contributed by atoms with E-state index in [0.29, 0.717) is 30.8 Å². The number of hydrogen-bond acceptors (Lipinski definition) is 3. The molecular weight excluding hydrogens is 403 g/mol. The fraction of sp³-hybridized carbons (Fsp3) is 0.636. The summed E-state index contributed by atoms with van der Waals surface area (Å²) in [6.45, 7) is 7.71. The van der Waals surface area contributed by atoms with Crippen LogP contribution in [0.3, 0.4) is 0 Å². The summed E-state index contributed by atoms with van der Waals surface area (Å²) in [6.07, 6.45) is 14.0. The first-order valence-corrected chi connectivity index (χ1v) is 11.0. The molecule has 0 fully saturated rings. The zero-order chi connectivity index (χ0) is 19.9. The highest BCUT2D eigenvalue weighted by atomic mass is 79.9. The summed E-state index contributed by atoms with van der Waals surface area (Å²) in [6, 6.07) is 0. The molecule has 3 nitrogen and oxygen atoms in total. The fourth-order valence-electron chi connectivity index (χ4n) is 3.24. The minimum atomic E-state index is -0.465. The molecule has 0 aliphatic heterocycles. The standard InChI is InChI=1S/C22H32BBrO3/c1-16(12-23)14-26-20-8-4-17(5-9-20)22(2,3)18-6-10-21(11-7-18)27-15-19(25)13-24/h4-6,8,10,16,19-20,25H,7,9,11-15H2,1-3H3. The summed E-state index contributed by atoms with van der Waals surface area (Å²) in [5, 5.41) is 10.1. The third kappa shape index (κ3) is 6.65. The van der Waals surface area contributed by atoms with Crippen LogP contribution < -0.4 is 0 Å². The lowest BCUT2D eigenvalue weighted by atomic mass is 9.72. The normalized spacial score (nSPS) is 22.6. The highest BCUT2D eigenvalue weighted by Gasteiger charge is 2.29. The highest BCUT2D eigenvalue weighted by Crippen LogP contribution is 2.41. The Labute approximate surface area is 174 Å². The van der Waals surface area contributed by atoms with Gasteiger partial charge in [-0.25, -0.2) is 0 Å². The van der Waals surface area contributed by atoms with Crippen LogP contribution in [0.2, 0.25) is 6.32 Å². The molecule has 0 bridgehead atoms. The van der Waals surface area contributed by atoms with Crippen molar-refractivity contribution in [2.45, 2.75) is 58.6 Å². The Morgan fingerprint density at radius 1 is 1.30 bits per heavy atom. The van der Waals surface area contributed by atoms with Gasteiger partial charge in [-0.15, -0.1) is 0 Å². The zero-order valence-corrected chi connectivity index (χ0v) is 18.4. The molecule has 0 spiro atoms. The number of rotatable bonds is 10. The summed E-state index contributed by atoms with van der Waals surface area (Å²) >= 11 is 3.26. The second kappa shape index (κ2) is 10.7. The van der Waals surface area contributed by atoms with E-state index in [0.717, 1.165) is 25.0 Å². The predicted molar refractivity (Wildman–Crippen MR) is 116 cm³/mol. The van der Waals surface area contributed by atoms with Crippen LogP contribution in [0.5, 0.6) is 0 Å². The second-order valence-corrected chi connectivity index (χ2v) is 8.68. The van der Waals surface area contributed by atoms with Crippen molar-refractivity contribution in [3.63, 3.8) is 0 Å². The molecular formula is C22H32BBrO3. The van der Waals surface area contributed by atoms with E-state index in [1.165, 1.54) is 11.1 Å². The van der Waals surface area contributed by atoms with E-state index in [2.05, 4.69) is 67.1 Å². The van der Waals surface area contributed by atoms with Gasteiger partial charge in [-0.3, -0.25) is 0 Å². The van der Waals surface area contributed by atoms with Gasteiger partial charge in [0.1, 0.15) is 6.61 Å². The van der Waals surface area contributed by atoms with Crippen molar-refractivity contribution >= 4 is 23.8 Å². The maximum absolute atomic E-state index is 9.60. The van der Waals surface area contributed by atoms with Crippen LogP contribution >= 0.6 is 15.9 Å². The Morgan fingerprint density at radius 3 is 2.63 bits per heavy atom. The maximum Gasteiger partial charge on any atom is 0.114 e. The van der Waals surface area contributed by atoms with Crippen LogP contribution in [0.1, 0.15) is 40.0 Å². The number of allylic oxidation sites excluding steroid dienone is 6. The summed E-state index contributed by atoms with van der Waals surface area (Å²) in [7, 11) is 5.66. The fourth-order valence-corrected chi connectivity index (χ4v) is 3.42. The van der Waals surface area contributed by atoms with Gasteiger partial charge in [0, 0.05) is 23.8 Å². The van der Waals surface area contributed by atoms with Gasteiger partial charge in [-0.2, -0.15) is 0 Å². The minimum Gasteiger partial charge on any atom is -0.495 e. The summed E-state index contributed by atoms with van der Waals surface area (Å²) in [4.78, 5) is 0. The van der Waals surface area contributed by atoms with Gasteiger partial charge in [0.05, 0.1) is 25.8 Å². The minimum absolute atomic E-state index is 0.0105. The van der Waals surface area contributed by atoms with Crippen LogP contribution in [-0.2, 0) is 9.47 Å². The number of aliphatic hydroxyl groups excluding tert-OH is 1. The first kappa shape index (κ1) is 22.5. The van der Waals surface area contributed by atoms with Gasteiger partial charge in [0.2, 0.25) is 0 Å². The number of halogens is 1. The van der Waals surface area contributed by atoms with Gasteiger partial charge in [-0.1, -0.05) is 72.9 Å². The quantitative estimate of drug-likeness (QED) is 0.393. The lowest BCUT2D eigenvalue weighted by Crippen LogP contribution is -2.23. The number of ether oxygens (including phenoxy) is 2. The zero-order valence-electron chi connectivity index (χ0n) is 16.8. The Bertz CT molecular complexity index is 607. The molecule has 0 aromatic heterocycles. The van der Waals surface area contributed by atoms with Crippen LogP contribution in [0.25, 0.3) is 0 Å². The molecule has 3 unspecified atom stereocenters. The molecule has 2 radical (unpaired) electrons. The van der Waals surface area contributed by atoms with Gasteiger partial charge in [0.15, 0.2) is 0 Å². The number of hydrogen-bond donors (Lipinski definition) is 1. The van der Waals surface area contributed by atoms with E-state index in [1.54, 1.807) is 0 Å². The largest absolute Gasteiger partial charge is 0.495 e. The van der Waals surface area contributed by atoms with Crippen LogP contribution in [-0.4, -0.2) is 43.7 Å². The van der Waals surface area contributed by atoms with Crippen molar-refractivity contribution in [3.05, 3.63) is 47.3 Å². The van der Waals surface area contributed by atoms with E-state index in [9.17, 15) is 5.11 Å². The van der Waals surface area contributed by atoms with E-state index >= 15 is 0 Å². The molecule has 0 amide bonds. The predicted octanol–water partition coefficient (Wildman–Crippen LogP) is 4.88. The van der Waals surface area contributed by atoms with Crippen molar-refractivity contribution in [2.75, 3.05) is 18.5 Å². The molecule has 148 valence electrons. The van der Waals surface area contributed by atoms with Gasteiger partial charge >= 0.3 is 0 Å². The van der Waals surface area contributed by atoms with Gasteiger partial charge in [0.25, 0.3) is 0 Å². The smallest absolute Gasteiger partial charge is 0.114 e. The number of aliphatic hydroxyl groups is 1. The Kier molecular flexibility index (Phi) is 8.91. The third-order valence-electron chi connectivity index (χ3n) is 5.33. The van der Waals surface area contributed by atoms with E-state index in [1.807, 2.05) is 0 Å². The van der Waals surface area contributed by atoms with Crippen molar-refractivity contribution in [3.8, 4) is 0 Å². The monoisotopic (exact) mass is 434 g/mol. The average molecular weight is 435 g/mol. The second-order valence-electron chi connectivity index (χ2n) is 8.04. The van der Waals surface area contributed by atoms with Crippen molar-refractivity contribution in [1.82, 2.24) is 0 Å². The third-order valence-corrected chi connectivity index (χ3v) is 6.08. The molecule has 3 atom stereocenters. The molecule has 2 aliphatic rings. The van der Waals surface area contributed by atoms with Crippen molar-refractivity contribution in [1.29, 1.82) is 0 Å². The first-order chi connectivity index (χ1) is 12.9. The molecule has 27 heavy (non-hydrogen) atoms. The lowest BCUT2D eigenvalue weighted by molar-refractivity contribution is 0.0660. The first-order valence-electron chi connectivity index (χ1n) is 9.84. The van der Waals surface area contributed by atoms with Crippen LogP contribution in [0, 0.1) is 11.3 Å². The summed E-state index contributed by atoms with van der Waals surface area (Å²) in [5.41, 5.74) is 2.74. The molecule has 1 N–H and O–H groups in total. The highest BCUT2D eigenvalue weighted by molar-refractivity contribution is 9.09. The average Bonchev–Trinajstić information content (AvgIpc) is 2.70. The molecule has 2 rings (SSSR count). The molecule has 0 saturated heterocycles. The Morgan fingerprint density at radius 2 is 2.07 bits per heavy atom. The molecule has 2 aliphatic carbocycles. The lowest BCUT2D eigenvalue weighted by Gasteiger charge is -2.33. The Balaban J connectivity index is 1.93. The summed E-state index contributed by atoms with van der Waals surface area (Å²) in [5.74, 6) is 1.34. The molecule has 0 aromatic rings. The van der Waals surface area contributed by atoms with Gasteiger partial charge in [-0.05, 0) is 30.4 Å². The van der Waals surface area contributed by atoms with Crippen molar-refractivity contribution in [2.24, 2.45) is 11.3 Å². The summed E-state index contributed by atoms with van der Waals surface area (Å²) < 4.78 is 11.6. The molecule has 0 aromatic carbocycles. The van der Waals surface area contributed by atoms with Crippen LogP contribution in [0.15, 0.2) is 47.3 Å². The SMILES string of the molecule is [B]CC(C)COC1C=CC(C(C)(C)C2=CC=C(OCC(O)CBr)CC2)=CC1. The molecule has 0 heterocycles. The van der Waals surface area contributed by atoms with Crippen LogP contribution in [0.4, 0.5) is 0 Å². The van der Waals surface area contributed by atoms with E-state index in [-0.39, 0.29) is 11.5 Å². The van der Waals surface area contributed by atoms with E-state index in [4.69, 9.17) is 17.3 Å². The van der Waals surface area contributed by atoms with E-state index < -0.39 is 6.10 Å². The topological polar surface area (TPSA) is 38.7 Å². The maximum atomic E-state index is 9.60. The van der Waals surface area contributed by atoms with Crippen molar-refractivity contribution < 1.29 is 14.6 Å². The molecule has 5 heteroatoms.